The fourth-order valence-electron chi connectivity index (χ4n) is 2.39. The van der Waals surface area contributed by atoms with Crippen LogP contribution in [0.1, 0.15) is 21.5 Å². The Morgan fingerprint density at radius 3 is 2.46 bits per heavy atom. The maximum absolute atomic E-state index is 13.2. The van der Waals surface area contributed by atoms with E-state index in [1.807, 2.05) is 32.0 Å². The van der Waals surface area contributed by atoms with Gasteiger partial charge in [0.25, 0.3) is 5.91 Å². The molecule has 0 bridgehead atoms. The lowest BCUT2D eigenvalue weighted by molar-refractivity contribution is 0.102. The van der Waals surface area contributed by atoms with E-state index < -0.39 is 11.6 Å². The van der Waals surface area contributed by atoms with Crippen molar-refractivity contribution >= 4 is 23.1 Å². The number of carbonyl (C=O) groups is 1. The first-order valence-corrected chi connectivity index (χ1v) is 7.99. The number of rotatable bonds is 4. The first-order valence-electron chi connectivity index (χ1n) is 7.99. The van der Waals surface area contributed by atoms with Gasteiger partial charge in [0.2, 0.25) is 0 Å². The fourth-order valence-corrected chi connectivity index (χ4v) is 2.39. The molecule has 0 radical (unpaired) electrons. The highest BCUT2D eigenvalue weighted by molar-refractivity contribution is 6.04. The zero-order valence-corrected chi connectivity index (χ0v) is 14.3. The molecule has 0 atom stereocenters. The number of pyridine rings is 1. The Balaban J connectivity index is 1.71. The van der Waals surface area contributed by atoms with Crippen LogP contribution in [0, 0.1) is 25.5 Å². The van der Waals surface area contributed by atoms with Crippen LogP contribution in [0.3, 0.4) is 0 Å². The van der Waals surface area contributed by atoms with Crippen LogP contribution in [-0.4, -0.2) is 10.9 Å². The van der Waals surface area contributed by atoms with Gasteiger partial charge in [-0.15, -0.1) is 0 Å². The summed E-state index contributed by atoms with van der Waals surface area (Å²) in [4.78, 5) is 16.5. The van der Waals surface area contributed by atoms with E-state index in [2.05, 4.69) is 15.6 Å². The predicted octanol–water partition coefficient (Wildman–Crippen LogP) is 4.97. The minimum atomic E-state index is -0.945. The van der Waals surface area contributed by atoms with E-state index in [0.29, 0.717) is 17.1 Å². The third-order valence-corrected chi connectivity index (χ3v) is 3.86. The van der Waals surface area contributed by atoms with E-state index >= 15 is 0 Å². The van der Waals surface area contributed by atoms with Gasteiger partial charge in [-0.1, -0.05) is 12.1 Å². The number of hydrogen-bond acceptors (Lipinski definition) is 3. The Labute approximate surface area is 149 Å². The number of nitrogens with zero attached hydrogens (tertiary/aromatic N) is 1. The molecule has 6 heteroatoms. The molecule has 0 aliphatic heterocycles. The number of hydrogen-bond donors (Lipinski definition) is 2. The molecule has 132 valence electrons. The van der Waals surface area contributed by atoms with Gasteiger partial charge in [0.15, 0.2) is 11.6 Å². The van der Waals surface area contributed by atoms with Crippen LogP contribution in [0.2, 0.25) is 0 Å². The molecule has 1 heterocycles. The predicted molar refractivity (Wildman–Crippen MR) is 97.7 cm³/mol. The highest BCUT2D eigenvalue weighted by atomic mass is 19.2. The molecule has 0 saturated carbocycles. The molecule has 0 aliphatic carbocycles. The maximum atomic E-state index is 13.2. The zero-order chi connectivity index (χ0) is 18.7. The molecule has 2 N–H and O–H groups in total. The first-order chi connectivity index (χ1) is 12.4. The summed E-state index contributed by atoms with van der Waals surface area (Å²) in [5, 5.41) is 5.71. The minimum absolute atomic E-state index is 0.273. The molecule has 4 nitrogen and oxygen atoms in total. The monoisotopic (exact) mass is 353 g/mol. The summed E-state index contributed by atoms with van der Waals surface area (Å²) in [6.07, 6.45) is 1.42. The van der Waals surface area contributed by atoms with Gasteiger partial charge >= 0.3 is 0 Å². The summed E-state index contributed by atoms with van der Waals surface area (Å²) in [6, 6.07) is 12.5. The van der Waals surface area contributed by atoms with Gasteiger partial charge in [0.1, 0.15) is 5.82 Å². The van der Waals surface area contributed by atoms with Gasteiger partial charge in [0, 0.05) is 23.6 Å². The normalized spacial score (nSPS) is 10.5. The van der Waals surface area contributed by atoms with Crippen LogP contribution >= 0.6 is 0 Å². The Hall–Kier alpha value is -3.28. The van der Waals surface area contributed by atoms with Crippen LogP contribution in [-0.2, 0) is 0 Å². The molecule has 26 heavy (non-hydrogen) atoms. The minimum Gasteiger partial charge on any atom is -0.340 e. The van der Waals surface area contributed by atoms with Gasteiger partial charge in [-0.2, -0.15) is 0 Å². The smallest absolute Gasteiger partial charge is 0.257 e. The Kier molecular flexibility index (Phi) is 4.93. The molecule has 0 aliphatic rings. The SMILES string of the molecule is Cc1ccc(C)c(NC(=O)c2ccc(Nc3ccc(F)c(F)c3)nc2)c1. The van der Waals surface area contributed by atoms with Crippen LogP contribution in [0.25, 0.3) is 0 Å². The molecule has 0 saturated heterocycles. The largest absolute Gasteiger partial charge is 0.340 e. The zero-order valence-electron chi connectivity index (χ0n) is 14.3. The standard InChI is InChI=1S/C20H17F2N3O/c1-12-3-4-13(2)18(9-12)25-20(26)14-5-8-19(23-11-14)24-15-6-7-16(21)17(22)10-15/h3-11H,1-2H3,(H,23,24)(H,25,26). The van der Waals surface area contributed by atoms with Crippen molar-refractivity contribution in [3.05, 3.63) is 83.1 Å². The molecule has 3 rings (SSSR count). The van der Waals surface area contributed by atoms with Crippen molar-refractivity contribution in [2.45, 2.75) is 13.8 Å². The van der Waals surface area contributed by atoms with Gasteiger partial charge in [-0.3, -0.25) is 4.79 Å². The van der Waals surface area contributed by atoms with Crippen LogP contribution in [0.4, 0.5) is 26.0 Å². The molecular weight excluding hydrogens is 336 g/mol. The number of benzene rings is 2. The third kappa shape index (κ3) is 4.03. The highest BCUT2D eigenvalue weighted by Crippen LogP contribution is 2.19. The molecule has 2 aromatic carbocycles. The molecule has 0 fully saturated rings. The topological polar surface area (TPSA) is 54.0 Å². The van der Waals surface area contributed by atoms with E-state index in [1.54, 1.807) is 12.1 Å². The lowest BCUT2D eigenvalue weighted by Gasteiger charge is -2.10. The lowest BCUT2D eigenvalue weighted by atomic mass is 10.1. The lowest BCUT2D eigenvalue weighted by Crippen LogP contribution is -2.13. The van der Waals surface area contributed by atoms with Gasteiger partial charge in [-0.25, -0.2) is 13.8 Å². The van der Waals surface area contributed by atoms with Crippen molar-refractivity contribution in [2.24, 2.45) is 0 Å². The molecule has 0 spiro atoms. The van der Waals surface area contributed by atoms with Gasteiger partial charge < -0.3 is 10.6 Å². The second-order valence-electron chi connectivity index (χ2n) is 5.96. The highest BCUT2D eigenvalue weighted by Gasteiger charge is 2.09. The number of nitrogens with one attached hydrogen (secondary N) is 2. The molecule has 0 unspecified atom stereocenters. The average Bonchev–Trinajstić information content (AvgIpc) is 2.62. The Morgan fingerprint density at radius 1 is 0.962 bits per heavy atom. The van der Waals surface area contributed by atoms with Gasteiger partial charge in [-0.05, 0) is 55.3 Å². The van der Waals surface area contributed by atoms with Crippen LogP contribution < -0.4 is 10.6 Å². The summed E-state index contributed by atoms with van der Waals surface area (Å²) in [7, 11) is 0. The van der Waals surface area contributed by atoms with Crippen molar-refractivity contribution in [1.82, 2.24) is 4.98 Å². The van der Waals surface area contributed by atoms with Gasteiger partial charge in [0.05, 0.1) is 5.56 Å². The molecular formula is C20H17F2N3O. The Bertz CT molecular complexity index is 956. The fraction of sp³-hybridized carbons (Fsp3) is 0.100. The summed E-state index contributed by atoms with van der Waals surface area (Å²) in [5.41, 5.74) is 3.52. The molecule has 3 aromatic rings. The van der Waals surface area contributed by atoms with Crippen molar-refractivity contribution in [3.63, 3.8) is 0 Å². The summed E-state index contributed by atoms with van der Waals surface area (Å²) < 4.78 is 26.2. The number of aryl methyl sites for hydroxylation is 2. The van der Waals surface area contributed by atoms with E-state index in [4.69, 9.17) is 0 Å². The van der Waals surface area contributed by atoms with Crippen molar-refractivity contribution < 1.29 is 13.6 Å². The maximum Gasteiger partial charge on any atom is 0.257 e. The van der Waals surface area contributed by atoms with E-state index in [9.17, 15) is 13.6 Å². The number of anilines is 3. The summed E-state index contributed by atoms with van der Waals surface area (Å²) >= 11 is 0. The van der Waals surface area contributed by atoms with Crippen molar-refractivity contribution in [2.75, 3.05) is 10.6 Å². The number of amides is 1. The van der Waals surface area contributed by atoms with Crippen LogP contribution in [0.15, 0.2) is 54.7 Å². The Morgan fingerprint density at radius 2 is 1.77 bits per heavy atom. The average molecular weight is 353 g/mol. The molecule has 1 aromatic heterocycles. The van der Waals surface area contributed by atoms with Crippen molar-refractivity contribution in [1.29, 1.82) is 0 Å². The van der Waals surface area contributed by atoms with E-state index in [-0.39, 0.29) is 5.91 Å². The second-order valence-corrected chi connectivity index (χ2v) is 5.96. The second kappa shape index (κ2) is 7.31. The van der Waals surface area contributed by atoms with Crippen molar-refractivity contribution in [3.8, 4) is 0 Å². The number of carbonyl (C=O) groups excluding carboxylic acids is 1. The quantitative estimate of drug-likeness (QED) is 0.696. The molecule has 1 amide bonds. The summed E-state index contributed by atoms with van der Waals surface area (Å²) in [5.74, 6) is -1.72. The van der Waals surface area contributed by atoms with E-state index in [0.717, 1.165) is 28.9 Å². The van der Waals surface area contributed by atoms with E-state index in [1.165, 1.54) is 12.3 Å². The number of aromatic nitrogens is 1. The third-order valence-electron chi connectivity index (χ3n) is 3.86. The number of halogens is 2. The summed E-state index contributed by atoms with van der Waals surface area (Å²) in [6.45, 7) is 3.87. The van der Waals surface area contributed by atoms with Crippen LogP contribution in [0.5, 0.6) is 0 Å². The first kappa shape index (κ1) is 17.5.